The highest BCUT2D eigenvalue weighted by Gasteiger charge is 2.10. The van der Waals surface area contributed by atoms with Gasteiger partial charge in [-0.15, -0.1) is 5.10 Å². The summed E-state index contributed by atoms with van der Waals surface area (Å²) in [6, 6.07) is 16.7. The number of nitrogens with zero attached hydrogens (tertiary/aromatic N) is 4. The summed E-state index contributed by atoms with van der Waals surface area (Å²) >= 11 is 0. The Hall–Kier alpha value is -2.95. The van der Waals surface area contributed by atoms with Crippen LogP contribution in [0, 0.1) is 0 Å². The van der Waals surface area contributed by atoms with Crippen LogP contribution in [0.5, 0.6) is 0 Å². The molecule has 0 bridgehead atoms. The molecule has 1 aromatic heterocycles. The van der Waals surface area contributed by atoms with Crippen molar-refractivity contribution in [3.8, 4) is 0 Å². The molecular weight excluding hydrogens is 334 g/mol. The van der Waals surface area contributed by atoms with Gasteiger partial charge in [0.05, 0.1) is 11.9 Å². The summed E-state index contributed by atoms with van der Waals surface area (Å²) in [5, 5.41) is 14.8. The fourth-order valence-corrected chi connectivity index (χ4v) is 3.55. The average molecular weight is 359 g/mol. The first kappa shape index (κ1) is 17.5. The quantitative estimate of drug-likeness (QED) is 0.535. The van der Waals surface area contributed by atoms with Crippen molar-refractivity contribution in [1.82, 2.24) is 10.2 Å². The zero-order valence-corrected chi connectivity index (χ0v) is 15.7. The summed E-state index contributed by atoms with van der Waals surface area (Å²) in [5.74, 6) is 0.675. The minimum atomic E-state index is 0.675. The van der Waals surface area contributed by atoms with Crippen LogP contribution in [-0.4, -0.2) is 29.0 Å². The van der Waals surface area contributed by atoms with E-state index in [0.29, 0.717) is 5.82 Å². The van der Waals surface area contributed by atoms with Gasteiger partial charge >= 0.3 is 0 Å². The van der Waals surface area contributed by atoms with Crippen molar-refractivity contribution in [2.75, 3.05) is 23.4 Å². The number of rotatable bonds is 4. The number of nitrogens with one attached hydrogen (secondary N) is 1. The highest BCUT2D eigenvalue weighted by molar-refractivity contribution is 6.00. The van der Waals surface area contributed by atoms with E-state index in [4.69, 9.17) is 0 Å². The third-order valence-corrected chi connectivity index (χ3v) is 5.16. The van der Waals surface area contributed by atoms with Crippen LogP contribution in [0.25, 0.3) is 10.8 Å². The molecular formula is C22H25N5. The number of benzene rings is 2. The maximum absolute atomic E-state index is 4.52. The Morgan fingerprint density at radius 3 is 2.48 bits per heavy atom. The summed E-state index contributed by atoms with van der Waals surface area (Å²) in [6.07, 6.45) is 7.04. The van der Waals surface area contributed by atoms with Crippen LogP contribution in [-0.2, 0) is 0 Å². The Morgan fingerprint density at radius 2 is 1.70 bits per heavy atom. The predicted molar refractivity (Wildman–Crippen MR) is 112 cm³/mol. The van der Waals surface area contributed by atoms with Gasteiger partial charge in [0.2, 0.25) is 0 Å². The maximum Gasteiger partial charge on any atom is 0.176 e. The van der Waals surface area contributed by atoms with Crippen molar-refractivity contribution in [3.05, 3.63) is 60.3 Å². The fourth-order valence-electron chi connectivity index (χ4n) is 3.55. The van der Waals surface area contributed by atoms with E-state index >= 15 is 0 Å². The van der Waals surface area contributed by atoms with Crippen molar-refractivity contribution >= 4 is 28.0 Å². The van der Waals surface area contributed by atoms with Gasteiger partial charge in [-0.25, -0.2) is 0 Å². The SMILES string of the molecule is C/C(=N\Nc1nncc2ccccc12)c1ccc(N2CCCCCC2)cc1. The molecule has 0 radical (unpaired) electrons. The van der Waals surface area contributed by atoms with E-state index in [0.717, 1.165) is 35.1 Å². The molecule has 1 aliphatic heterocycles. The lowest BCUT2D eigenvalue weighted by Gasteiger charge is -2.22. The van der Waals surface area contributed by atoms with Crippen LogP contribution < -0.4 is 10.3 Å². The summed E-state index contributed by atoms with van der Waals surface area (Å²) in [5.41, 5.74) is 6.41. The Labute approximate surface area is 160 Å². The van der Waals surface area contributed by atoms with Crippen molar-refractivity contribution in [3.63, 3.8) is 0 Å². The second kappa shape index (κ2) is 8.16. The molecule has 1 fully saturated rings. The Balaban J connectivity index is 1.49. The summed E-state index contributed by atoms with van der Waals surface area (Å²) in [4.78, 5) is 2.49. The van der Waals surface area contributed by atoms with Crippen molar-refractivity contribution < 1.29 is 0 Å². The zero-order chi connectivity index (χ0) is 18.5. The first-order valence-corrected chi connectivity index (χ1v) is 9.67. The van der Waals surface area contributed by atoms with E-state index in [1.54, 1.807) is 6.20 Å². The molecule has 0 unspecified atom stereocenters. The summed E-state index contributed by atoms with van der Waals surface area (Å²) in [7, 11) is 0. The van der Waals surface area contributed by atoms with E-state index in [1.807, 2.05) is 31.2 Å². The lowest BCUT2D eigenvalue weighted by atomic mass is 10.1. The van der Waals surface area contributed by atoms with E-state index in [-0.39, 0.29) is 0 Å². The van der Waals surface area contributed by atoms with Gasteiger partial charge in [-0.1, -0.05) is 49.2 Å². The van der Waals surface area contributed by atoms with E-state index < -0.39 is 0 Å². The van der Waals surface area contributed by atoms with Crippen molar-refractivity contribution in [1.29, 1.82) is 0 Å². The van der Waals surface area contributed by atoms with Gasteiger partial charge in [-0.3, -0.25) is 5.43 Å². The van der Waals surface area contributed by atoms with E-state index in [2.05, 4.69) is 49.9 Å². The van der Waals surface area contributed by atoms with Gasteiger partial charge in [-0.2, -0.15) is 10.2 Å². The maximum atomic E-state index is 4.52. The number of fused-ring (bicyclic) bond motifs is 1. The van der Waals surface area contributed by atoms with E-state index in [9.17, 15) is 0 Å². The number of hydrazone groups is 1. The molecule has 0 saturated carbocycles. The molecule has 5 nitrogen and oxygen atoms in total. The molecule has 138 valence electrons. The lowest BCUT2D eigenvalue weighted by molar-refractivity contribution is 0.726. The summed E-state index contributed by atoms with van der Waals surface area (Å²) in [6.45, 7) is 4.33. The largest absolute Gasteiger partial charge is 0.372 e. The Bertz CT molecular complexity index is 920. The molecule has 1 N–H and O–H groups in total. The van der Waals surface area contributed by atoms with Gasteiger partial charge in [0, 0.05) is 29.5 Å². The van der Waals surface area contributed by atoms with Crippen LogP contribution in [0.3, 0.4) is 0 Å². The predicted octanol–water partition coefficient (Wildman–Crippen LogP) is 4.85. The third-order valence-electron chi connectivity index (χ3n) is 5.16. The smallest absolute Gasteiger partial charge is 0.176 e. The average Bonchev–Trinajstić information content (AvgIpc) is 3.02. The standard InChI is InChI=1S/C22H25N5/c1-17(24-26-22-21-9-5-4-8-19(21)16-23-25-22)18-10-12-20(13-11-18)27-14-6-2-3-7-15-27/h4-5,8-13,16H,2-3,6-7,14-15H2,1H3,(H,25,26)/b24-17+. The molecule has 0 amide bonds. The first-order valence-electron chi connectivity index (χ1n) is 9.67. The molecule has 3 aromatic rings. The molecule has 1 aliphatic rings. The molecule has 2 heterocycles. The molecule has 0 spiro atoms. The summed E-state index contributed by atoms with van der Waals surface area (Å²) < 4.78 is 0. The molecule has 0 aliphatic carbocycles. The number of anilines is 2. The third kappa shape index (κ3) is 4.08. The lowest BCUT2D eigenvalue weighted by Crippen LogP contribution is -2.23. The van der Waals surface area contributed by atoms with Gasteiger partial charge < -0.3 is 4.90 Å². The van der Waals surface area contributed by atoms with Crippen LogP contribution in [0.15, 0.2) is 59.8 Å². The molecule has 1 saturated heterocycles. The van der Waals surface area contributed by atoms with E-state index in [1.165, 1.54) is 31.4 Å². The topological polar surface area (TPSA) is 53.4 Å². The fraction of sp³-hybridized carbons (Fsp3) is 0.318. The first-order chi connectivity index (χ1) is 13.3. The minimum absolute atomic E-state index is 0.675. The van der Waals surface area contributed by atoms with Crippen LogP contribution in [0.4, 0.5) is 11.5 Å². The molecule has 5 heteroatoms. The molecule has 27 heavy (non-hydrogen) atoms. The highest BCUT2D eigenvalue weighted by Crippen LogP contribution is 2.21. The van der Waals surface area contributed by atoms with Crippen LogP contribution in [0.2, 0.25) is 0 Å². The van der Waals surface area contributed by atoms with Crippen molar-refractivity contribution in [2.24, 2.45) is 5.10 Å². The van der Waals surface area contributed by atoms with Gasteiger partial charge in [-0.05, 0) is 37.5 Å². The number of aromatic nitrogens is 2. The van der Waals surface area contributed by atoms with Crippen LogP contribution in [0.1, 0.15) is 38.2 Å². The van der Waals surface area contributed by atoms with Crippen molar-refractivity contribution in [2.45, 2.75) is 32.6 Å². The van der Waals surface area contributed by atoms with Crippen LogP contribution >= 0.6 is 0 Å². The zero-order valence-electron chi connectivity index (χ0n) is 15.7. The van der Waals surface area contributed by atoms with Gasteiger partial charge in [0.1, 0.15) is 0 Å². The molecule has 2 aromatic carbocycles. The molecule has 4 rings (SSSR count). The normalized spacial score (nSPS) is 15.6. The number of hydrogen-bond acceptors (Lipinski definition) is 5. The second-order valence-electron chi connectivity index (χ2n) is 7.04. The van der Waals surface area contributed by atoms with Gasteiger partial charge in [0.15, 0.2) is 5.82 Å². The van der Waals surface area contributed by atoms with Gasteiger partial charge in [0.25, 0.3) is 0 Å². The second-order valence-corrected chi connectivity index (χ2v) is 7.04. The monoisotopic (exact) mass is 359 g/mol. The Kier molecular flexibility index (Phi) is 5.28. The minimum Gasteiger partial charge on any atom is -0.372 e. The molecule has 0 atom stereocenters. The number of hydrogen-bond donors (Lipinski definition) is 1. The Morgan fingerprint density at radius 1 is 0.963 bits per heavy atom. The highest BCUT2D eigenvalue weighted by atomic mass is 15.3.